The summed E-state index contributed by atoms with van der Waals surface area (Å²) in [6.45, 7) is 3.41. The number of carbonyl (C=O) groups is 1. The van der Waals surface area contributed by atoms with Gasteiger partial charge >= 0.3 is 0 Å². The monoisotopic (exact) mass is 508 g/mol. The number of likely N-dealkylation sites (tertiary alicyclic amines) is 1. The van der Waals surface area contributed by atoms with E-state index in [0.29, 0.717) is 17.3 Å². The van der Waals surface area contributed by atoms with Crippen LogP contribution in [0.1, 0.15) is 53.3 Å². The molecule has 184 valence electrons. The van der Waals surface area contributed by atoms with Crippen molar-refractivity contribution in [3.63, 3.8) is 0 Å². The second kappa shape index (κ2) is 9.79. The second-order valence-electron chi connectivity index (χ2n) is 10.6. The van der Waals surface area contributed by atoms with Crippen LogP contribution in [0.25, 0.3) is 10.2 Å². The molecule has 2 atom stereocenters. The van der Waals surface area contributed by atoms with Gasteiger partial charge < -0.3 is 9.64 Å². The molecule has 0 bridgehead atoms. The lowest BCUT2D eigenvalue weighted by molar-refractivity contribution is -0.0666. The minimum Gasteiger partial charge on any atom is -0.381 e. The molecular weight excluding hydrogens is 476 g/mol. The van der Waals surface area contributed by atoms with E-state index in [1.165, 1.54) is 24.3 Å². The number of fused-ring (bicyclic) bond motifs is 1. The number of hydrogen-bond acceptors (Lipinski definition) is 7. The highest BCUT2D eigenvalue weighted by Gasteiger charge is 2.45. The van der Waals surface area contributed by atoms with Crippen LogP contribution in [-0.4, -0.2) is 58.3 Å². The number of thiazole rings is 1. The molecule has 6 rings (SSSR count). The van der Waals surface area contributed by atoms with Crippen molar-refractivity contribution in [1.82, 2.24) is 19.9 Å². The van der Waals surface area contributed by atoms with Gasteiger partial charge in [0, 0.05) is 67.4 Å². The number of nitrogens with zero attached hydrogens (tertiary/aromatic N) is 4. The molecule has 2 saturated heterocycles. The molecule has 1 aliphatic carbocycles. The molecule has 1 saturated carbocycles. The smallest absolute Gasteiger partial charge is 0.253 e. The van der Waals surface area contributed by atoms with E-state index in [1.54, 1.807) is 23.1 Å². The average molecular weight is 509 g/mol. The number of thioether (sulfide) groups is 1. The van der Waals surface area contributed by atoms with Gasteiger partial charge in [-0.3, -0.25) is 4.79 Å². The maximum atomic E-state index is 13.1. The van der Waals surface area contributed by atoms with Crippen LogP contribution >= 0.6 is 23.1 Å². The van der Waals surface area contributed by atoms with E-state index in [2.05, 4.69) is 22.3 Å². The Morgan fingerprint density at radius 1 is 1.14 bits per heavy atom. The van der Waals surface area contributed by atoms with E-state index in [-0.39, 0.29) is 5.91 Å². The molecule has 2 aliphatic heterocycles. The van der Waals surface area contributed by atoms with Crippen LogP contribution < -0.4 is 0 Å². The maximum Gasteiger partial charge on any atom is 0.253 e. The van der Waals surface area contributed by atoms with E-state index in [0.717, 1.165) is 78.5 Å². The van der Waals surface area contributed by atoms with Gasteiger partial charge in [-0.15, -0.1) is 23.1 Å². The highest BCUT2D eigenvalue weighted by molar-refractivity contribution is 7.98. The fourth-order valence-electron chi connectivity index (χ4n) is 6.01. The predicted molar refractivity (Wildman–Crippen MR) is 140 cm³/mol. The summed E-state index contributed by atoms with van der Waals surface area (Å²) in [5.41, 5.74) is 2.12. The summed E-state index contributed by atoms with van der Waals surface area (Å²) >= 11 is 3.44. The van der Waals surface area contributed by atoms with Gasteiger partial charge in [0.15, 0.2) is 0 Å². The van der Waals surface area contributed by atoms with Gasteiger partial charge in [0.2, 0.25) is 0 Å². The first kappa shape index (κ1) is 23.4. The van der Waals surface area contributed by atoms with Gasteiger partial charge in [-0.05, 0) is 68.4 Å². The van der Waals surface area contributed by atoms with Crippen molar-refractivity contribution in [2.75, 3.05) is 32.6 Å². The summed E-state index contributed by atoms with van der Waals surface area (Å²) in [7, 11) is 0. The molecule has 3 aliphatic rings. The second-order valence-corrected chi connectivity index (χ2v) is 12.6. The number of aromatic nitrogens is 3. The van der Waals surface area contributed by atoms with E-state index in [1.807, 2.05) is 29.4 Å². The van der Waals surface area contributed by atoms with Gasteiger partial charge in [-0.25, -0.2) is 15.0 Å². The van der Waals surface area contributed by atoms with Gasteiger partial charge in [0.1, 0.15) is 5.82 Å². The Hall–Kier alpha value is -2.03. The molecule has 8 heteroatoms. The Bertz CT molecular complexity index is 1200. The zero-order valence-electron chi connectivity index (χ0n) is 20.2. The Balaban J connectivity index is 1.05. The number of carbonyl (C=O) groups excluding carboxylic acids is 1. The topological polar surface area (TPSA) is 68.2 Å². The first-order valence-electron chi connectivity index (χ1n) is 12.7. The van der Waals surface area contributed by atoms with Crippen LogP contribution in [0.15, 0.2) is 35.5 Å². The highest BCUT2D eigenvalue weighted by Crippen LogP contribution is 2.41. The van der Waals surface area contributed by atoms with Crippen LogP contribution in [0.5, 0.6) is 0 Å². The fraction of sp³-hybridized carbons (Fsp3) is 0.556. The first-order chi connectivity index (χ1) is 17.1. The van der Waals surface area contributed by atoms with Crippen molar-refractivity contribution in [2.45, 2.75) is 49.8 Å². The summed E-state index contributed by atoms with van der Waals surface area (Å²) in [6.07, 6.45) is 13.8. The lowest BCUT2D eigenvalue weighted by Gasteiger charge is -2.52. The van der Waals surface area contributed by atoms with Crippen molar-refractivity contribution in [1.29, 1.82) is 0 Å². The molecule has 0 unspecified atom stereocenters. The third-order valence-electron chi connectivity index (χ3n) is 8.07. The summed E-state index contributed by atoms with van der Waals surface area (Å²) in [4.78, 5) is 30.2. The standard InChI is InChI=1S/C27H32N4O2S2/c1-34-21-14-28-24(29-15-21)11-18-2-3-19(10-18)12-25-30-22-5-4-20(13-23(22)35-25)26(32)31-16-27(17-31)6-8-33-9-7-27/h4-5,13-15,18-19H,2-3,6-12,16-17H2,1H3/t18-,19-/m0/s1. The maximum absolute atomic E-state index is 13.1. The minimum atomic E-state index is 0.158. The molecule has 3 aromatic rings. The number of hydrogen-bond donors (Lipinski definition) is 0. The van der Waals surface area contributed by atoms with Crippen LogP contribution in [0.3, 0.4) is 0 Å². The van der Waals surface area contributed by atoms with Crippen molar-refractivity contribution in [2.24, 2.45) is 17.3 Å². The van der Waals surface area contributed by atoms with E-state index >= 15 is 0 Å². The molecule has 0 N–H and O–H groups in total. The van der Waals surface area contributed by atoms with Crippen molar-refractivity contribution in [3.05, 3.63) is 47.0 Å². The molecule has 1 amide bonds. The minimum absolute atomic E-state index is 0.158. The quantitative estimate of drug-likeness (QED) is 0.423. The third kappa shape index (κ3) is 4.98. The van der Waals surface area contributed by atoms with Crippen LogP contribution in [0, 0.1) is 17.3 Å². The lowest BCUT2D eigenvalue weighted by Crippen LogP contribution is -2.60. The molecule has 6 nitrogen and oxygen atoms in total. The summed E-state index contributed by atoms with van der Waals surface area (Å²) in [5, 5.41) is 1.20. The van der Waals surface area contributed by atoms with Crippen molar-refractivity contribution >= 4 is 39.2 Å². The summed E-state index contributed by atoms with van der Waals surface area (Å²) < 4.78 is 6.63. The number of amides is 1. The third-order valence-corrected chi connectivity index (χ3v) is 9.80. The summed E-state index contributed by atoms with van der Waals surface area (Å²) in [5.74, 6) is 2.46. The summed E-state index contributed by atoms with van der Waals surface area (Å²) in [6, 6.07) is 6.04. The van der Waals surface area contributed by atoms with Crippen molar-refractivity contribution < 1.29 is 9.53 Å². The van der Waals surface area contributed by atoms with Crippen LogP contribution in [0.2, 0.25) is 0 Å². The molecule has 0 radical (unpaired) electrons. The molecule has 4 heterocycles. The van der Waals surface area contributed by atoms with Gasteiger partial charge in [0.05, 0.1) is 15.2 Å². The number of ether oxygens (including phenoxy) is 1. The zero-order valence-corrected chi connectivity index (χ0v) is 21.9. The normalized spacial score (nSPS) is 23.6. The molecule has 2 aromatic heterocycles. The Morgan fingerprint density at radius 3 is 2.63 bits per heavy atom. The fourth-order valence-corrected chi connectivity index (χ4v) is 7.45. The van der Waals surface area contributed by atoms with Gasteiger partial charge in [0.25, 0.3) is 5.91 Å². The average Bonchev–Trinajstić information content (AvgIpc) is 3.48. The highest BCUT2D eigenvalue weighted by atomic mass is 32.2. The van der Waals surface area contributed by atoms with E-state index in [9.17, 15) is 4.79 Å². The predicted octanol–water partition coefficient (Wildman–Crippen LogP) is 5.26. The van der Waals surface area contributed by atoms with Crippen molar-refractivity contribution in [3.8, 4) is 0 Å². The Morgan fingerprint density at radius 2 is 1.89 bits per heavy atom. The molecule has 3 fully saturated rings. The Labute approximate surface area is 214 Å². The van der Waals surface area contributed by atoms with Gasteiger partial charge in [-0.1, -0.05) is 0 Å². The lowest BCUT2D eigenvalue weighted by atomic mass is 9.73. The molecular formula is C27H32N4O2S2. The molecule has 1 spiro atoms. The number of rotatable bonds is 6. The van der Waals surface area contributed by atoms with E-state index in [4.69, 9.17) is 9.72 Å². The number of benzene rings is 1. The van der Waals surface area contributed by atoms with Gasteiger partial charge in [-0.2, -0.15) is 0 Å². The van der Waals surface area contributed by atoms with Crippen LogP contribution in [0.4, 0.5) is 0 Å². The van der Waals surface area contributed by atoms with E-state index < -0.39 is 0 Å². The SMILES string of the molecule is CSc1cnc(C[C@H]2CC[C@H](Cc3nc4ccc(C(=O)N5CC6(CCOCC6)C5)cc4s3)C2)nc1. The Kier molecular flexibility index (Phi) is 6.54. The largest absolute Gasteiger partial charge is 0.381 e. The first-order valence-corrected chi connectivity index (χ1v) is 14.7. The zero-order chi connectivity index (χ0) is 23.8. The van der Waals surface area contributed by atoms with Crippen LogP contribution in [-0.2, 0) is 17.6 Å². The molecule has 35 heavy (non-hydrogen) atoms. The molecule has 1 aromatic carbocycles.